The summed E-state index contributed by atoms with van der Waals surface area (Å²) in [6, 6.07) is 8.57. The van der Waals surface area contributed by atoms with Gasteiger partial charge in [0.1, 0.15) is 0 Å². The molecule has 1 unspecified atom stereocenters. The lowest BCUT2D eigenvalue weighted by Gasteiger charge is -2.20. The molecule has 0 aromatic heterocycles. The van der Waals surface area contributed by atoms with Crippen molar-refractivity contribution >= 4 is 51.6 Å². The van der Waals surface area contributed by atoms with Crippen molar-refractivity contribution in [2.24, 2.45) is 10.9 Å². The van der Waals surface area contributed by atoms with Gasteiger partial charge in [0.25, 0.3) is 0 Å². The van der Waals surface area contributed by atoms with Gasteiger partial charge in [0, 0.05) is 43.4 Å². The molecule has 3 rings (SSSR count). The number of nitrogens with zero attached hydrogens (tertiary/aromatic N) is 3. The van der Waals surface area contributed by atoms with E-state index in [0.29, 0.717) is 5.92 Å². The van der Waals surface area contributed by atoms with Crippen LogP contribution in [0.2, 0.25) is 0 Å². The highest BCUT2D eigenvalue weighted by Crippen LogP contribution is 2.25. The number of aliphatic imine (C=N–C) groups is 1. The first kappa shape index (κ1) is 16.9. The lowest BCUT2D eigenvalue weighted by molar-refractivity contribution is 0.508. The molecule has 0 amide bonds. The summed E-state index contributed by atoms with van der Waals surface area (Å²) >= 11 is 3.55. The maximum absolute atomic E-state index is 4.48. The molecule has 6 heteroatoms. The standard InChI is InChI=1S/C15H21BrN4.HI/c1-19-8-6-17-15(19)18-10-12-5-7-20(11-12)14-4-2-3-13(16)9-14;/h2-4,9,12H,5-8,10-11H2,1H3,(H,17,18);1H. The second-order valence-electron chi connectivity index (χ2n) is 5.59. The maximum Gasteiger partial charge on any atom is 0.193 e. The molecule has 0 spiro atoms. The Bertz CT molecular complexity index is 508. The Balaban J connectivity index is 0.00000161. The molecule has 1 N–H and O–H groups in total. The molecule has 2 aliphatic rings. The molecular formula is C15H22BrIN4. The molecule has 2 aliphatic heterocycles. The van der Waals surface area contributed by atoms with E-state index in [1.54, 1.807) is 0 Å². The smallest absolute Gasteiger partial charge is 0.193 e. The number of likely N-dealkylation sites (N-methyl/N-ethyl adjacent to an activating group) is 1. The molecule has 1 saturated heterocycles. The van der Waals surface area contributed by atoms with Crippen molar-refractivity contribution in [1.82, 2.24) is 10.2 Å². The van der Waals surface area contributed by atoms with E-state index in [9.17, 15) is 0 Å². The van der Waals surface area contributed by atoms with E-state index in [1.807, 2.05) is 0 Å². The second-order valence-corrected chi connectivity index (χ2v) is 6.50. The first-order valence-corrected chi connectivity index (χ1v) is 8.01. The highest BCUT2D eigenvalue weighted by Gasteiger charge is 2.23. The zero-order valence-electron chi connectivity index (χ0n) is 12.3. The minimum absolute atomic E-state index is 0. The molecular weight excluding hydrogens is 443 g/mol. The summed E-state index contributed by atoms with van der Waals surface area (Å²) in [6.45, 7) is 5.25. The monoisotopic (exact) mass is 464 g/mol. The van der Waals surface area contributed by atoms with Gasteiger partial charge in [0.2, 0.25) is 0 Å². The molecule has 0 radical (unpaired) electrons. The fraction of sp³-hybridized carbons (Fsp3) is 0.533. The van der Waals surface area contributed by atoms with Crippen LogP contribution in [0.3, 0.4) is 0 Å². The van der Waals surface area contributed by atoms with Crippen molar-refractivity contribution < 1.29 is 0 Å². The lowest BCUT2D eigenvalue weighted by atomic mass is 10.1. The number of rotatable bonds is 3. The molecule has 2 heterocycles. The average molecular weight is 465 g/mol. The lowest BCUT2D eigenvalue weighted by Crippen LogP contribution is -2.38. The quantitative estimate of drug-likeness (QED) is 0.698. The van der Waals surface area contributed by atoms with Crippen LogP contribution in [0.1, 0.15) is 6.42 Å². The van der Waals surface area contributed by atoms with Crippen LogP contribution in [-0.2, 0) is 0 Å². The summed E-state index contributed by atoms with van der Waals surface area (Å²) in [5.41, 5.74) is 1.32. The Labute approximate surface area is 152 Å². The Hall–Kier alpha value is -0.500. The van der Waals surface area contributed by atoms with Crippen LogP contribution in [0.5, 0.6) is 0 Å². The first-order chi connectivity index (χ1) is 9.72. The van der Waals surface area contributed by atoms with Crippen LogP contribution in [0.25, 0.3) is 0 Å². The second kappa shape index (κ2) is 7.67. The van der Waals surface area contributed by atoms with Crippen molar-refractivity contribution in [2.75, 3.05) is 44.7 Å². The molecule has 0 saturated carbocycles. The average Bonchev–Trinajstić information content (AvgIpc) is 3.05. The van der Waals surface area contributed by atoms with Crippen molar-refractivity contribution in [3.8, 4) is 0 Å². The van der Waals surface area contributed by atoms with Gasteiger partial charge < -0.3 is 15.1 Å². The minimum Gasteiger partial charge on any atom is -0.371 e. The van der Waals surface area contributed by atoms with Gasteiger partial charge in [-0.1, -0.05) is 22.0 Å². The Morgan fingerprint density at radius 1 is 1.38 bits per heavy atom. The van der Waals surface area contributed by atoms with Gasteiger partial charge >= 0.3 is 0 Å². The SMILES string of the molecule is CN1CCN=C1NCC1CCN(c2cccc(Br)c2)C1.I. The largest absolute Gasteiger partial charge is 0.371 e. The predicted molar refractivity (Wildman–Crippen MR) is 103 cm³/mol. The summed E-state index contributed by atoms with van der Waals surface area (Å²) < 4.78 is 1.15. The molecule has 1 atom stereocenters. The van der Waals surface area contributed by atoms with Gasteiger partial charge in [-0.3, -0.25) is 4.99 Å². The molecule has 4 nitrogen and oxygen atoms in total. The number of nitrogens with one attached hydrogen (secondary N) is 1. The van der Waals surface area contributed by atoms with Crippen molar-refractivity contribution in [3.63, 3.8) is 0 Å². The van der Waals surface area contributed by atoms with E-state index < -0.39 is 0 Å². The normalized spacial score (nSPS) is 21.2. The number of guanidine groups is 1. The van der Waals surface area contributed by atoms with Crippen LogP contribution >= 0.6 is 39.9 Å². The topological polar surface area (TPSA) is 30.9 Å². The molecule has 1 aromatic rings. The summed E-state index contributed by atoms with van der Waals surface area (Å²) in [4.78, 5) is 9.14. The summed E-state index contributed by atoms with van der Waals surface area (Å²) in [5, 5.41) is 3.50. The maximum atomic E-state index is 4.48. The fourth-order valence-corrected chi connectivity index (χ4v) is 3.25. The Morgan fingerprint density at radius 3 is 2.95 bits per heavy atom. The van der Waals surface area contributed by atoms with Crippen LogP contribution in [0, 0.1) is 5.92 Å². The molecule has 0 aliphatic carbocycles. The van der Waals surface area contributed by atoms with Crippen molar-refractivity contribution in [3.05, 3.63) is 28.7 Å². The van der Waals surface area contributed by atoms with Gasteiger partial charge in [0.15, 0.2) is 5.96 Å². The third kappa shape index (κ3) is 4.25. The van der Waals surface area contributed by atoms with Gasteiger partial charge in [-0.25, -0.2) is 0 Å². The van der Waals surface area contributed by atoms with E-state index in [0.717, 1.165) is 43.2 Å². The van der Waals surface area contributed by atoms with E-state index in [1.165, 1.54) is 12.1 Å². The van der Waals surface area contributed by atoms with Crippen LogP contribution in [0.15, 0.2) is 33.7 Å². The van der Waals surface area contributed by atoms with Gasteiger partial charge in [0.05, 0.1) is 6.54 Å². The molecule has 1 aromatic carbocycles. The summed E-state index contributed by atoms with van der Waals surface area (Å²) in [6.07, 6.45) is 1.25. The zero-order chi connectivity index (χ0) is 13.9. The van der Waals surface area contributed by atoms with Crippen molar-refractivity contribution in [2.45, 2.75) is 6.42 Å². The van der Waals surface area contributed by atoms with Crippen LogP contribution in [0.4, 0.5) is 5.69 Å². The van der Waals surface area contributed by atoms with Gasteiger partial charge in [-0.2, -0.15) is 0 Å². The van der Waals surface area contributed by atoms with Gasteiger partial charge in [-0.05, 0) is 30.5 Å². The summed E-state index contributed by atoms with van der Waals surface area (Å²) in [5.74, 6) is 1.76. The van der Waals surface area contributed by atoms with Crippen LogP contribution < -0.4 is 10.2 Å². The molecule has 21 heavy (non-hydrogen) atoms. The molecule has 0 bridgehead atoms. The van der Waals surface area contributed by atoms with E-state index in [4.69, 9.17) is 0 Å². The van der Waals surface area contributed by atoms with Gasteiger partial charge in [-0.15, -0.1) is 24.0 Å². The predicted octanol–water partition coefficient (Wildman–Crippen LogP) is 2.78. The van der Waals surface area contributed by atoms with Crippen molar-refractivity contribution in [1.29, 1.82) is 0 Å². The third-order valence-electron chi connectivity index (χ3n) is 4.07. The minimum atomic E-state index is 0. The number of anilines is 1. The number of halogens is 2. The number of hydrogen-bond donors (Lipinski definition) is 1. The Morgan fingerprint density at radius 2 is 2.24 bits per heavy atom. The highest BCUT2D eigenvalue weighted by molar-refractivity contribution is 14.0. The first-order valence-electron chi connectivity index (χ1n) is 7.22. The zero-order valence-corrected chi connectivity index (χ0v) is 16.2. The highest BCUT2D eigenvalue weighted by atomic mass is 127. The Kier molecular flexibility index (Phi) is 6.16. The van der Waals surface area contributed by atoms with E-state index in [-0.39, 0.29) is 24.0 Å². The van der Waals surface area contributed by atoms with E-state index in [2.05, 4.69) is 67.4 Å². The number of hydrogen-bond acceptors (Lipinski definition) is 4. The van der Waals surface area contributed by atoms with E-state index >= 15 is 0 Å². The summed E-state index contributed by atoms with van der Waals surface area (Å²) in [7, 11) is 2.10. The molecule has 116 valence electrons. The number of benzene rings is 1. The molecule has 1 fully saturated rings. The third-order valence-corrected chi connectivity index (χ3v) is 4.56. The fourth-order valence-electron chi connectivity index (χ4n) is 2.87. The van der Waals surface area contributed by atoms with Crippen LogP contribution in [-0.4, -0.2) is 50.6 Å².